The van der Waals surface area contributed by atoms with Gasteiger partial charge in [-0.1, -0.05) is 0 Å². The van der Waals surface area contributed by atoms with Crippen LogP contribution < -0.4 is 11.1 Å². The Bertz CT molecular complexity index is 278. The highest BCUT2D eigenvalue weighted by atomic mass is 16.4. The second-order valence-corrected chi connectivity index (χ2v) is 3.54. The molecule has 4 N–H and O–H groups in total. The maximum atomic E-state index is 11.2. The second kappa shape index (κ2) is 6.78. The molecule has 16 heavy (non-hydrogen) atoms. The number of nitrogens with zero attached hydrogens (tertiary/aromatic N) is 1. The van der Waals surface area contributed by atoms with Crippen molar-refractivity contribution in [1.82, 2.24) is 10.2 Å². The standard InChI is InChI=1S/C9H17N3O4/c1-12(2)8(14)4-3-7(13)11-5-6(10)9(15)16/h6H,3-5,10H2,1-2H3,(H,11,13)(H,15,16). The Morgan fingerprint density at radius 3 is 2.31 bits per heavy atom. The minimum atomic E-state index is -1.18. The number of carboxylic acid groups (broad SMARTS) is 1. The van der Waals surface area contributed by atoms with Crippen molar-refractivity contribution in [3.05, 3.63) is 0 Å². The average molecular weight is 231 g/mol. The Morgan fingerprint density at radius 1 is 1.31 bits per heavy atom. The van der Waals surface area contributed by atoms with Crippen molar-refractivity contribution in [3.8, 4) is 0 Å². The number of carbonyl (C=O) groups excluding carboxylic acids is 2. The molecular formula is C9H17N3O4. The molecule has 0 aliphatic heterocycles. The molecule has 0 aromatic rings. The van der Waals surface area contributed by atoms with Gasteiger partial charge in [0.25, 0.3) is 0 Å². The predicted molar refractivity (Wildman–Crippen MR) is 56.5 cm³/mol. The van der Waals surface area contributed by atoms with E-state index in [-0.39, 0.29) is 31.2 Å². The molecule has 92 valence electrons. The summed E-state index contributed by atoms with van der Waals surface area (Å²) in [5.41, 5.74) is 5.18. The SMILES string of the molecule is CN(C)C(=O)CCC(=O)NCC(N)C(=O)O. The van der Waals surface area contributed by atoms with E-state index in [9.17, 15) is 14.4 Å². The fraction of sp³-hybridized carbons (Fsp3) is 0.667. The first-order valence-electron chi connectivity index (χ1n) is 4.79. The van der Waals surface area contributed by atoms with Gasteiger partial charge in [-0.15, -0.1) is 0 Å². The first-order valence-corrected chi connectivity index (χ1v) is 4.79. The quantitative estimate of drug-likeness (QED) is 0.508. The van der Waals surface area contributed by atoms with Crippen LogP contribution in [0.2, 0.25) is 0 Å². The van der Waals surface area contributed by atoms with Crippen LogP contribution in [-0.2, 0) is 14.4 Å². The molecule has 0 aromatic carbocycles. The van der Waals surface area contributed by atoms with Gasteiger partial charge in [0.15, 0.2) is 0 Å². The molecule has 0 aromatic heterocycles. The summed E-state index contributed by atoms with van der Waals surface area (Å²) < 4.78 is 0. The van der Waals surface area contributed by atoms with Crippen molar-refractivity contribution in [2.24, 2.45) is 5.73 Å². The van der Waals surface area contributed by atoms with Gasteiger partial charge < -0.3 is 21.1 Å². The Hall–Kier alpha value is -1.63. The van der Waals surface area contributed by atoms with Gasteiger partial charge in [-0.2, -0.15) is 0 Å². The monoisotopic (exact) mass is 231 g/mol. The number of nitrogens with one attached hydrogen (secondary N) is 1. The summed E-state index contributed by atoms with van der Waals surface area (Å²) in [5.74, 6) is -1.71. The summed E-state index contributed by atoms with van der Waals surface area (Å²) in [7, 11) is 3.20. The van der Waals surface area contributed by atoms with Crippen LogP contribution in [0.5, 0.6) is 0 Å². The molecule has 1 atom stereocenters. The van der Waals surface area contributed by atoms with E-state index in [0.717, 1.165) is 0 Å². The van der Waals surface area contributed by atoms with Crippen LogP contribution >= 0.6 is 0 Å². The van der Waals surface area contributed by atoms with E-state index in [1.54, 1.807) is 14.1 Å². The van der Waals surface area contributed by atoms with E-state index in [2.05, 4.69) is 5.32 Å². The van der Waals surface area contributed by atoms with E-state index < -0.39 is 12.0 Å². The molecule has 0 bridgehead atoms. The first kappa shape index (κ1) is 14.4. The third kappa shape index (κ3) is 5.97. The molecule has 0 radical (unpaired) electrons. The minimum absolute atomic E-state index is 0.0311. The number of nitrogens with two attached hydrogens (primary N) is 1. The lowest BCUT2D eigenvalue weighted by Gasteiger charge is -2.11. The zero-order valence-corrected chi connectivity index (χ0v) is 9.40. The Morgan fingerprint density at radius 2 is 1.88 bits per heavy atom. The minimum Gasteiger partial charge on any atom is -0.480 e. The van der Waals surface area contributed by atoms with E-state index in [0.29, 0.717) is 0 Å². The molecular weight excluding hydrogens is 214 g/mol. The number of hydrogen-bond donors (Lipinski definition) is 3. The molecule has 0 aliphatic rings. The van der Waals surface area contributed by atoms with Crippen LogP contribution in [0.1, 0.15) is 12.8 Å². The van der Waals surface area contributed by atoms with Crippen molar-refractivity contribution in [1.29, 1.82) is 0 Å². The van der Waals surface area contributed by atoms with Crippen molar-refractivity contribution in [2.45, 2.75) is 18.9 Å². The molecule has 7 nitrogen and oxygen atoms in total. The molecule has 0 fully saturated rings. The largest absolute Gasteiger partial charge is 0.480 e. The van der Waals surface area contributed by atoms with Gasteiger partial charge in [-0.3, -0.25) is 14.4 Å². The maximum Gasteiger partial charge on any atom is 0.322 e. The number of rotatable bonds is 6. The molecule has 0 saturated carbocycles. The number of amides is 2. The van der Waals surface area contributed by atoms with Crippen LogP contribution in [0.15, 0.2) is 0 Å². The van der Waals surface area contributed by atoms with E-state index in [1.807, 2.05) is 0 Å². The highest BCUT2D eigenvalue weighted by Gasteiger charge is 2.13. The Balaban J connectivity index is 3.76. The highest BCUT2D eigenvalue weighted by Crippen LogP contribution is 1.93. The van der Waals surface area contributed by atoms with Crippen molar-refractivity contribution in [2.75, 3.05) is 20.6 Å². The Labute approximate surface area is 93.6 Å². The molecule has 2 amide bonds. The summed E-state index contributed by atoms with van der Waals surface area (Å²) in [5, 5.41) is 10.8. The second-order valence-electron chi connectivity index (χ2n) is 3.54. The van der Waals surface area contributed by atoms with Crippen molar-refractivity contribution in [3.63, 3.8) is 0 Å². The smallest absolute Gasteiger partial charge is 0.322 e. The van der Waals surface area contributed by atoms with Gasteiger partial charge in [-0.25, -0.2) is 0 Å². The lowest BCUT2D eigenvalue weighted by Crippen LogP contribution is -2.42. The summed E-state index contributed by atoms with van der Waals surface area (Å²) in [6.07, 6.45) is 0.129. The lowest BCUT2D eigenvalue weighted by molar-refractivity contribution is -0.138. The van der Waals surface area contributed by atoms with E-state index in [4.69, 9.17) is 10.8 Å². The summed E-state index contributed by atoms with van der Waals surface area (Å²) in [6, 6.07) is -1.12. The van der Waals surface area contributed by atoms with E-state index >= 15 is 0 Å². The van der Waals surface area contributed by atoms with Crippen molar-refractivity contribution >= 4 is 17.8 Å². The third-order valence-electron chi connectivity index (χ3n) is 1.90. The van der Waals surface area contributed by atoms with Crippen LogP contribution in [0.4, 0.5) is 0 Å². The number of aliphatic carboxylic acids is 1. The van der Waals surface area contributed by atoms with Gasteiger partial charge in [0.05, 0.1) is 0 Å². The Kier molecular flexibility index (Phi) is 6.09. The van der Waals surface area contributed by atoms with Gasteiger partial charge in [0.2, 0.25) is 11.8 Å². The molecule has 0 saturated heterocycles. The molecule has 0 spiro atoms. The molecule has 1 unspecified atom stereocenters. The molecule has 0 aliphatic carbocycles. The van der Waals surface area contributed by atoms with E-state index in [1.165, 1.54) is 4.90 Å². The third-order valence-corrected chi connectivity index (χ3v) is 1.90. The topological polar surface area (TPSA) is 113 Å². The zero-order chi connectivity index (χ0) is 12.7. The summed E-state index contributed by atoms with van der Waals surface area (Å²) in [6.45, 7) is -0.135. The maximum absolute atomic E-state index is 11.2. The lowest BCUT2D eigenvalue weighted by atomic mass is 10.2. The van der Waals surface area contributed by atoms with Crippen LogP contribution in [0.25, 0.3) is 0 Å². The molecule has 7 heteroatoms. The molecule has 0 heterocycles. The van der Waals surface area contributed by atoms with Crippen LogP contribution in [-0.4, -0.2) is 54.5 Å². The fourth-order valence-corrected chi connectivity index (χ4v) is 0.844. The van der Waals surface area contributed by atoms with Crippen LogP contribution in [0, 0.1) is 0 Å². The zero-order valence-electron chi connectivity index (χ0n) is 9.40. The summed E-state index contributed by atoms with van der Waals surface area (Å²) >= 11 is 0. The number of hydrogen-bond acceptors (Lipinski definition) is 4. The van der Waals surface area contributed by atoms with Crippen molar-refractivity contribution < 1.29 is 19.5 Å². The number of carbonyl (C=O) groups is 3. The van der Waals surface area contributed by atoms with Crippen LogP contribution in [0.3, 0.4) is 0 Å². The van der Waals surface area contributed by atoms with Gasteiger partial charge in [0, 0.05) is 33.5 Å². The average Bonchev–Trinajstić information content (AvgIpc) is 2.21. The summed E-state index contributed by atoms with van der Waals surface area (Å²) in [4.78, 5) is 34.0. The fourth-order valence-electron chi connectivity index (χ4n) is 0.844. The van der Waals surface area contributed by atoms with Gasteiger partial charge >= 0.3 is 5.97 Å². The molecule has 0 rings (SSSR count). The normalized spacial score (nSPS) is 11.7. The highest BCUT2D eigenvalue weighted by molar-refractivity contribution is 5.84. The van der Waals surface area contributed by atoms with Gasteiger partial charge in [-0.05, 0) is 0 Å². The number of carboxylic acids is 1. The first-order chi connectivity index (χ1) is 7.34. The predicted octanol–water partition coefficient (Wildman–Crippen LogP) is -1.62. The van der Waals surface area contributed by atoms with Gasteiger partial charge in [0.1, 0.15) is 6.04 Å².